The predicted molar refractivity (Wildman–Crippen MR) is 68.1 cm³/mol. The summed E-state index contributed by atoms with van der Waals surface area (Å²) < 4.78 is 4.93. The summed E-state index contributed by atoms with van der Waals surface area (Å²) in [5.74, 6) is 1.88. The first-order chi connectivity index (χ1) is 8.83. The number of hydrogen-bond donors (Lipinski definition) is 0. The number of benzene rings is 1. The lowest BCUT2D eigenvalue weighted by atomic mass is 10.2. The second-order valence-electron chi connectivity index (χ2n) is 3.76. The van der Waals surface area contributed by atoms with Crippen LogP contribution < -0.4 is 0 Å². The van der Waals surface area contributed by atoms with E-state index in [1.165, 1.54) is 0 Å². The number of aryl methyl sites for hydroxylation is 1. The standard InChI is InChI=1S/C12H10N4OS/c1-8-14-11(16-17-8)7-18-12-10-5-3-2-4-9(10)6-13-15-12/h2-6H,7H2,1H3. The average molecular weight is 258 g/mol. The molecule has 3 aromatic rings. The maximum Gasteiger partial charge on any atom is 0.223 e. The van der Waals surface area contributed by atoms with E-state index >= 15 is 0 Å². The number of nitrogens with zero attached hydrogens (tertiary/aromatic N) is 4. The molecular formula is C12H10N4OS. The highest BCUT2D eigenvalue weighted by Crippen LogP contribution is 2.26. The fourth-order valence-corrected chi connectivity index (χ4v) is 2.47. The van der Waals surface area contributed by atoms with Crippen LogP contribution in [-0.2, 0) is 5.75 Å². The molecule has 1 aromatic carbocycles. The van der Waals surface area contributed by atoms with Gasteiger partial charge in [0.1, 0.15) is 5.03 Å². The van der Waals surface area contributed by atoms with Crippen LogP contribution in [0.1, 0.15) is 11.7 Å². The molecular weight excluding hydrogens is 248 g/mol. The van der Waals surface area contributed by atoms with Crippen LogP contribution in [0.5, 0.6) is 0 Å². The summed E-state index contributed by atoms with van der Waals surface area (Å²) in [6, 6.07) is 8.04. The molecule has 0 amide bonds. The molecule has 0 bridgehead atoms. The van der Waals surface area contributed by atoms with Crippen LogP contribution in [-0.4, -0.2) is 20.3 Å². The minimum absolute atomic E-state index is 0.578. The molecule has 0 aliphatic carbocycles. The number of hydrogen-bond acceptors (Lipinski definition) is 6. The summed E-state index contributed by atoms with van der Waals surface area (Å²) in [5.41, 5.74) is 0. The van der Waals surface area contributed by atoms with Crippen molar-refractivity contribution in [3.05, 3.63) is 42.2 Å². The number of thioether (sulfide) groups is 1. The zero-order valence-electron chi connectivity index (χ0n) is 9.70. The molecule has 2 aromatic heterocycles. The maximum atomic E-state index is 4.93. The van der Waals surface area contributed by atoms with Gasteiger partial charge in [-0.15, -0.1) is 5.10 Å². The third-order valence-electron chi connectivity index (χ3n) is 2.44. The van der Waals surface area contributed by atoms with Gasteiger partial charge in [-0.1, -0.05) is 41.2 Å². The smallest absolute Gasteiger partial charge is 0.223 e. The molecule has 0 aliphatic heterocycles. The van der Waals surface area contributed by atoms with Gasteiger partial charge in [0.2, 0.25) is 5.89 Å². The van der Waals surface area contributed by atoms with Crippen molar-refractivity contribution in [3.63, 3.8) is 0 Å². The first-order valence-electron chi connectivity index (χ1n) is 5.45. The molecule has 3 rings (SSSR count). The van der Waals surface area contributed by atoms with E-state index < -0.39 is 0 Å². The van der Waals surface area contributed by atoms with E-state index in [1.807, 2.05) is 24.3 Å². The molecule has 0 N–H and O–H groups in total. The van der Waals surface area contributed by atoms with Crippen molar-refractivity contribution >= 4 is 22.5 Å². The van der Waals surface area contributed by atoms with Gasteiger partial charge in [-0.3, -0.25) is 0 Å². The summed E-state index contributed by atoms with van der Waals surface area (Å²) in [4.78, 5) is 4.16. The molecule has 0 spiro atoms. The molecule has 90 valence electrons. The lowest BCUT2D eigenvalue weighted by Gasteiger charge is -2.01. The molecule has 0 unspecified atom stereocenters. The average Bonchev–Trinajstić information content (AvgIpc) is 2.82. The maximum absolute atomic E-state index is 4.93. The van der Waals surface area contributed by atoms with E-state index in [9.17, 15) is 0 Å². The molecule has 0 saturated heterocycles. The Morgan fingerprint density at radius 3 is 3.00 bits per heavy atom. The number of aromatic nitrogens is 4. The van der Waals surface area contributed by atoms with E-state index in [0.29, 0.717) is 17.5 Å². The zero-order valence-corrected chi connectivity index (χ0v) is 10.5. The van der Waals surface area contributed by atoms with Crippen LogP contribution in [0.25, 0.3) is 10.8 Å². The second-order valence-corrected chi connectivity index (χ2v) is 4.72. The molecule has 0 radical (unpaired) electrons. The topological polar surface area (TPSA) is 64.7 Å². The Hall–Kier alpha value is -1.95. The Kier molecular flexibility index (Phi) is 2.93. The molecule has 2 heterocycles. The van der Waals surface area contributed by atoms with Gasteiger partial charge < -0.3 is 4.52 Å². The van der Waals surface area contributed by atoms with Gasteiger partial charge in [0.15, 0.2) is 5.82 Å². The zero-order chi connectivity index (χ0) is 12.4. The van der Waals surface area contributed by atoms with E-state index in [-0.39, 0.29) is 0 Å². The monoisotopic (exact) mass is 258 g/mol. The third-order valence-corrected chi connectivity index (χ3v) is 3.42. The minimum Gasteiger partial charge on any atom is -0.340 e. The molecule has 6 heteroatoms. The molecule has 0 atom stereocenters. The van der Waals surface area contributed by atoms with Crippen molar-refractivity contribution in [2.24, 2.45) is 0 Å². The Morgan fingerprint density at radius 1 is 1.28 bits per heavy atom. The highest BCUT2D eigenvalue weighted by molar-refractivity contribution is 7.98. The van der Waals surface area contributed by atoms with Crippen LogP contribution in [0.3, 0.4) is 0 Å². The van der Waals surface area contributed by atoms with E-state index in [4.69, 9.17) is 4.52 Å². The minimum atomic E-state index is 0.578. The first-order valence-corrected chi connectivity index (χ1v) is 6.44. The second kappa shape index (κ2) is 4.73. The summed E-state index contributed by atoms with van der Waals surface area (Å²) in [6.45, 7) is 1.78. The van der Waals surface area contributed by atoms with E-state index in [0.717, 1.165) is 15.8 Å². The summed E-state index contributed by atoms with van der Waals surface area (Å²) in [7, 11) is 0. The van der Waals surface area contributed by atoms with Gasteiger partial charge >= 0.3 is 0 Å². The van der Waals surface area contributed by atoms with Crippen molar-refractivity contribution in [2.45, 2.75) is 17.7 Å². The van der Waals surface area contributed by atoms with Gasteiger partial charge in [-0.2, -0.15) is 10.1 Å². The molecule has 18 heavy (non-hydrogen) atoms. The van der Waals surface area contributed by atoms with Crippen molar-refractivity contribution < 1.29 is 4.52 Å². The highest BCUT2D eigenvalue weighted by atomic mass is 32.2. The van der Waals surface area contributed by atoms with E-state index in [2.05, 4.69) is 20.3 Å². The Labute approximate surface area is 108 Å². The quantitative estimate of drug-likeness (QED) is 0.673. The van der Waals surface area contributed by atoms with Gasteiger partial charge in [-0.25, -0.2) is 0 Å². The van der Waals surface area contributed by atoms with Gasteiger partial charge in [-0.05, 0) is 0 Å². The predicted octanol–water partition coefficient (Wildman–Crippen LogP) is 2.61. The Balaban J connectivity index is 1.86. The fourth-order valence-electron chi connectivity index (χ4n) is 1.64. The highest BCUT2D eigenvalue weighted by Gasteiger charge is 2.07. The summed E-state index contributed by atoms with van der Waals surface area (Å²) in [6.07, 6.45) is 1.76. The normalized spacial score (nSPS) is 10.9. The molecule has 5 nitrogen and oxygen atoms in total. The van der Waals surface area contributed by atoms with Gasteiger partial charge in [0.05, 0.1) is 11.9 Å². The van der Waals surface area contributed by atoms with Gasteiger partial charge in [0, 0.05) is 17.7 Å². The van der Waals surface area contributed by atoms with Crippen LogP contribution in [0.4, 0.5) is 0 Å². The SMILES string of the molecule is Cc1nc(CSc2nncc3ccccc23)no1. The largest absolute Gasteiger partial charge is 0.340 e. The van der Waals surface area contributed by atoms with Crippen LogP contribution in [0.15, 0.2) is 40.0 Å². The first kappa shape index (κ1) is 11.2. The van der Waals surface area contributed by atoms with Crippen molar-refractivity contribution in [1.29, 1.82) is 0 Å². The van der Waals surface area contributed by atoms with Crippen LogP contribution in [0.2, 0.25) is 0 Å². The molecule has 0 fully saturated rings. The fraction of sp³-hybridized carbons (Fsp3) is 0.167. The van der Waals surface area contributed by atoms with Crippen molar-refractivity contribution in [3.8, 4) is 0 Å². The summed E-state index contributed by atoms with van der Waals surface area (Å²) >= 11 is 1.56. The van der Waals surface area contributed by atoms with Crippen LogP contribution >= 0.6 is 11.8 Å². The van der Waals surface area contributed by atoms with Crippen molar-refractivity contribution in [2.75, 3.05) is 0 Å². The number of rotatable bonds is 3. The lowest BCUT2D eigenvalue weighted by molar-refractivity contribution is 0.389. The van der Waals surface area contributed by atoms with Crippen LogP contribution in [0, 0.1) is 6.92 Å². The van der Waals surface area contributed by atoms with Gasteiger partial charge in [0.25, 0.3) is 0 Å². The molecule has 0 aliphatic rings. The van der Waals surface area contributed by atoms with E-state index in [1.54, 1.807) is 24.9 Å². The Bertz CT molecular complexity index is 677. The summed E-state index contributed by atoms with van der Waals surface area (Å²) in [5, 5.41) is 15.1. The Morgan fingerprint density at radius 2 is 2.17 bits per heavy atom. The third kappa shape index (κ3) is 2.19. The number of fused-ring (bicyclic) bond motifs is 1. The lowest BCUT2D eigenvalue weighted by Crippen LogP contribution is -1.89. The van der Waals surface area contributed by atoms with Crippen molar-refractivity contribution in [1.82, 2.24) is 20.3 Å². The molecule has 0 saturated carbocycles.